The molecule has 0 atom stereocenters. The Balaban J connectivity index is 3.12. The summed E-state index contributed by atoms with van der Waals surface area (Å²) in [5, 5.41) is 17.4. The zero-order valence-electron chi connectivity index (χ0n) is 17.3. The second-order valence-corrected chi connectivity index (χ2v) is 7.49. The Morgan fingerprint density at radius 2 is 0.538 bits per heavy atom. The van der Waals surface area contributed by atoms with Gasteiger partial charge in [-0.3, -0.25) is 0 Å². The van der Waals surface area contributed by atoms with E-state index >= 15 is 0 Å². The van der Waals surface area contributed by atoms with Crippen LogP contribution < -0.4 is 0 Å². The summed E-state index contributed by atoms with van der Waals surface area (Å²) >= 11 is 0. The number of unbranched alkanes of at least 4 members (excludes halogenated alkanes) is 15. The van der Waals surface area contributed by atoms with Crippen LogP contribution in [0.3, 0.4) is 0 Å². The third-order valence-electron chi connectivity index (χ3n) is 4.88. The molecule has 0 radical (unpaired) electrons. The van der Waals surface area contributed by atoms with Crippen LogP contribution in [0.15, 0.2) is 24.3 Å². The lowest BCUT2D eigenvalue weighted by atomic mass is 10.1. The van der Waals surface area contributed by atoms with Crippen molar-refractivity contribution < 1.29 is 10.2 Å². The lowest BCUT2D eigenvalue weighted by Gasteiger charge is -1.99. The Morgan fingerprint density at radius 1 is 0.308 bits per heavy atom. The predicted octanol–water partition coefficient (Wildman–Crippen LogP) is 7.11. The van der Waals surface area contributed by atoms with Gasteiger partial charge in [0.2, 0.25) is 0 Å². The van der Waals surface area contributed by atoms with Gasteiger partial charge in [0.25, 0.3) is 0 Å². The van der Waals surface area contributed by atoms with Gasteiger partial charge in [-0.1, -0.05) is 75.7 Å². The molecule has 0 bridgehead atoms. The van der Waals surface area contributed by atoms with E-state index in [4.69, 9.17) is 10.2 Å². The molecule has 0 aliphatic carbocycles. The van der Waals surface area contributed by atoms with Crippen molar-refractivity contribution in [3.8, 4) is 0 Å². The van der Waals surface area contributed by atoms with Crippen LogP contribution in [0, 0.1) is 0 Å². The van der Waals surface area contributed by atoms with Crippen molar-refractivity contribution in [2.75, 3.05) is 13.2 Å². The molecule has 0 fully saturated rings. The summed E-state index contributed by atoms with van der Waals surface area (Å²) in [4.78, 5) is 0. The van der Waals surface area contributed by atoms with E-state index in [2.05, 4.69) is 24.3 Å². The minimum absolute atomic E-state index is 0.346. The Kier molecular flexibility index (Phi) is 23.8. The number of hydrogen-bond donors (Lipinski definition) is 2. The molecule has 2 heteroatoms. The number of aliphatic hydroxyl groups excluding tert-OH is 2. The van der Waals surface area contributed by atoms with Gasteiger partial charge in [-0.25, -0.2) is 0 Å². The number of aliphatic hydroxyl groups is 2. The monoisotopic (exact) mass is 366 g/mol. The zero-order valence-corrected chi connectivity index (χ0v) is 17.3. The van der Waals surface area contributed by atoms with E-state index in [0.717, 1.165) is 12.8 Å². The fourth-order valence-electron chi connectivity index (χ4n) is 3.16. The number of allylic oxidation sites excluding steroid dienone is 4. The van der Waals surface area contributed by atoms with Gasteiger partial charge in [-0.2, -0.15) is 0 Å². The van der Waals surface area contributed by atoms with Crippen LogP contribution >= 0.6 is 0 Å². The van der Waals surface area contributed by atoms with E-state index in [0.29, 0.717) is 13.2 Å². The molecule has 0 saturated heterocycles. The maximum atomic E-state index is 8.71. The first-order chi connectivity index (χ1) is 12.9. The smallest absolute Gasteiger partial charge is 0.0431 e. The molecule has 0 aromatic rings. The van der Waals surface area contributed by atoms with Crippen LogP contribution in [-0.2, 0) is 0 Å². The van der Waals surface area contributed by atoms with E-state index in [9.17, 15) is 0 Å². The summed E-state index contributed by atoms with van der Waals surface area (Å²) in [6.07, 6.45) is 31.9. The number of rotatable bonds is 21. The Morgan fingerprint density at radius 3 is 0.808 bits per heavy atom. The molecule has 0 aromatic heterocycles. The third kappa shape index (κ3) is 23.4. The minimum atomic E-state index is 0.346. The second-order valence-electron chi connectivity index (χ2n) is 7.49. The van der Waals surface area contributed by atoms with Crippen LogP contribution in [-0.4, -0.2) is 23.4 Å². The molecular formula is C24H46O2. The summed E-state index contributed by atoms with van der Waals surface area (Å²) in [5.74, 6) is 0. The van der Waals surface area contributed by atoms with Gasteiger partial charge in [-0.15, -0.1) is 0 Å². The van der Waals surface area contributed by atoms with Crippen molar-refractivity contribution in [3.05, 3.63) is 24.3 Å². The standard InChI is InChI=1S/C24H46O2/c25-23-21-19-17-15-13-11-9-7-5-3-1-2-4-6-8-10-12-14-16-18-20-22-24-26/h5,7,10,12,25-26H,1-4,6,8-9,11,13-24H2/b7-5-,12-10-. The van der Waals surface area contributed by atoms with Gasteiger partial charge in [-0.05, 0) is 64.2 Å². The maximum Gasteiger partial charge on any atom is 0.0431 e. The SMILES string of the molecule is OCCCCCC/C=C\CCCCCC/C=C\CCCCCCCCO. The summed E-state index contributed by atoms with van der Waals surface area (Å²) in [6, 6.07) is 0. The van der Waals surface area contributed by atoms with Crippen molar-refractivity contribution in [2.24, 2.45) is 0 Å². The van der Waals surface area contributed by atoms with Crippen LogP contribution in [0.25, 0.3) is 0 Å². The Bertz CT molecular complexity index is 297. The third-order valence-corrected chi connectivity index (χ3v) is 4.88. The molecule has 0 aliphatic heterocycles. The Labute approximate surface area is 163 Å². The fraction of sp³-hybridized carbons (Fsp3) is 0.833. The van der Waals surface area contributed by atoms with Gasteiger partial charge in [0.1, 0.15) is 0 Å². The molecule has 2 nitrogen and oxygen atoms in total. The quantitative estimate of drug-likeness (QED) is 0.168. The summed E-state index contributed by atoms with van der Waals surface area (Å²) in [6.45, 7) is 0.699. The first kappa shape index (κ1) is 25.4. The van der Waals surface area contributed by atoms with Crippen molar-refractivity contribution >= 4 is 0 Å². The van der Waals surface area contributed by atoms with Crippen LogP contribution in [0.4, 0.5) is 0 Å². The number of hydrogen-bond acceptors (Lipinski definition) is 2. The molecule has 0 aromatic carbocycles. The van der Waals surface area contributed by atoms with Crippen LogP contribution in [0.1, 0.15) is 116 Å². The second kappa shape index (κ2) is 24.4. The highest BCUT2D eigenvalue weighted by atomic mass is 16.3. The van der Waals surface area contributed by atoms with Crippen molar-refractivity contribution in [1.29, 1.82) is 0 Å². The van der Waals surface area contributed by atoms with Gasteiger partial charge < -0.3 is 10.2 Å². The molecule has 0 unspecified atom stereocenters. The fourth-order valence-corrected chi connectivity index (χ4v) is 3.16. The van der Waals surface area contributed by atoms with E-state index in [1.165, 1.54) is 103 Å². The van der Waals surface area contributed by atoms with Crippen LogP contribution in [0.5, 0.6) is 0 Å². The molecule has 0 amide bonds. The highest BCUT2D eigenvalue weighted by Gasteiger charge is 1.91. The average molecular weight is 367 g/mol. The van der Waals surface area contributed by atoms with Gasteiger partial charge in [0, 0.05) is 13.2 Å². The zero-order chi connectivity index (χ0) is 19.0. The summed E-state index contributed by atoms with van der Waals surface area (Å²) < 4.78 is 0. The van der Waals surface area contributed by atoms with Gasteiger partial charge in [0.15, 0.2) is 0 Å². The molecule has 0 saturated carbocycles. The maximum absolute atomic E-state index is 8.71. The first-order valence-corrected chi connectivity index (χ1v) is 11.4. The van der Waals surface area contributed by atoms with Crippen molar-refractivity contribution in [2.45, 2.75) is 116 Å². The molecule has 2 N–H and O–H groups in total. The largest absolute Gasteiger partial charge is 0.396 e. The topological polar surface area (TPSA) is 40.5 Å². The highest BCUT2D eigenvalue weighted by molar-refractivity contribution is 4.82. The van der Waals surface area contributed by atoms with E-state index in [-0.39, 0.29) is 0 Å². The molecule has 0 rings (SSSR count). The van der Waals surface area contributed by atoms with E-state index in [1.807, 2.05) is 0 Å². The van der Waals surface area contributed by atoms with Gasteiger partial charge >= 0.3 is 0 Å². The molecule has 0 aliphatic rings. The minimum Gasteiger partial charge on any atom is -0.396 e. The summed E-state index contributed by atoms with van der Waals surface area (Å²) in [5.41, 5.74) is 0. The molecule has 0 heterocycles. The molecular weight excluding hydrogens is 320 g/mol. The molecule has 0 spiro atoms. The normalized spacial score (nSPS) is 11.9. The van der Waals surface area contributed by atoms with E-state index in [1.54, 1.807) is 0 Å². The molecule has 154 valence electrons. The highest BCUT2D eigenvalue weighted by Crippen LogP contribution is 2.10. The van der Waals surface area contributed by atoms with Gasteiger partial charge in [0.05, 0.1) is 0 Å². The van der Waals surface area contributed by atoms with Crippen molar-refractivity contribution in [1.82, 2.24) is 0 Å². The Hall–Kier alpha value is -0.600. The summed E-state index contributed by atoms with van der Waals surface area (Å²) in [7, 11) is 0. The lowest BCUT2D eigenvalue weighted by Crippen LogP contribution is -1.83. The van der Waals surface area contributed by atoms with Crippen molar-refractivity contribution in [3.63, 3.8) is 0 Å². The lowest BCUT2D eigenvalue weighted by molar-refractivity contribution is 0.282. The first-order valence-electron chi connectivity index (χ1n) is 11.4. The van der Waals surface area contributed by atoms with E-state index < -0.39 is 0 Å². The average Bonchev–Trinajstić information content (AvgIpc) is 2.66. The molecule has 26 heavy (non-hydrogen) atoms. The van der Waals surface area contributed by atoms with Crippen LogP contribution in [0.2, 0.25) is 0 Å². The predicted molar refractivity (Wildman–Crippen MR) is 116 cm³/mol.